The Morgan fingerprint density at radius 2 is 0.805 bits per heavy atom. The molecule has 0 unspecified atom stereocenters. The number of carbonyl (C=O) groups is 2. The predicted molar refractivity (Wildman–Crippen MR) is 470 cm³/mol. The number of nitrogens with two attached hydrogens (primary N) is 1. The summed E-state index contributed by atoms with van der Waals surface area (Å²) in [6.07, 6.45) is 25.6. The fourth-order valence-electron chi connectivity index (χ4n) is 13.2. The van der Waals surface area contributed by atoms with Crippen LogP contribution in [0.1, 0.15) is 72.8 Å². The van der Waals surface area contributed by atoms with Crippen molar-refractivity contribution < 1.29 is 29.6 Å². The molecule has 0 saturated carbocycles. The Kier molecular flexibility index (Phi) is 26.2. The number of nitrogens with one attached hydrogen (secondary N) is 3. The Labute approximate surface area is 714 Å². The zero-order chi connectivity index (χ0) is 86.5. The average Bonchev–Trinajstić information content (AvgIpc) is 1.73. The fraction of sp³-hybridized carbons (Fsp3) is 0.198. The molecule has 4 aromatic carbocycles. The molecule has 123 heavy (non-hydrogen) atoms. The maximum absolute atomic E-state index is 11.6. The molecule has 1 aliphatic heterocycles. The van der Waals surface area contributed by atoms with E-state index in [4.69, 9.17) is 38.8 Å². The average molecular weight is 1690 g/mol. The van der Waals surface area contributed by atoms with Crippen LogP contribution in [0.15, 0.2) is 214 Å². The molecule has 37 heteroatoms. The van der Waals surface area contributed by atoms with Gasteiger partial charge in [0.25, 0.3) is 0 Å². The number of esters is 1. The number of benzene rings is 4. The van der Waals surface area contributed by atoms with E-state index in [1.54, 1.807) is 113 Å². The molecule has 0 bridgehead atoms. The summed E-state index contributed by atoms with van der Waals surface area (Å²) in [4.78, 5) is 66.9. The number of β-amino-alcohol motifs (C(OH)–C–C–N with tert-alkyl or cyclic N) is 1. The quantitative estimate of drug-likeness (QED) is 0.0181. The summed E-state index contributed by atoms with van der Waals surface area (Å²) in [5.74, 6) is 4.10. The van der Waals surface area contributed by atoms with Crippen LogP contribution in [0, 0.1) is 34.6 Å². The lowest BCUT2D eigenvalue weighted by Gasteiger charge is -2.35. The van der Waals surface area contributed by atoms with Crippen molar-refractivity contribution in [2.24, 2.45) is 28.2 Å². The molecule has 0 amide bonds. The number of aliphatic hydroxyl groups is 3. The van der Waals surface area contributed by atoms with Crippen molar-refractivity contribution in [3.8, 4) is 29.1 Å². The number of hydrogen-bond acceptors (Lipinski definition) is 26. The Balaban J connectivity index is 0.000000123. The maximum Gasteiger partial charge on any atom is 0.341 e. The monoisotopic (exact) mass is 1690 g/mol. The third-order valence-corrected chi connectivity index (χ3v) is 20.1. The summed E-state index contributed by atoms with van der Waals surface area (Å²) in [5.41, 5.74) is 21.3. The molecule has 14 aromatic heterocycles. The van der Waals surface area contributed by atoms with E-state index in [0.29, 0.717) is 76.1 Å². The first-order chi connectivity index (χ1) is 59.4. The molecule has 0 atom stereocenters. The zero-order valence-electron chi connectivity index (χ0n) is 68.7. The van der Waals surface area contributed by atoms with Gasteiger partial charge in [-0.3, -0.25) is 9.69 Å². The highest BCUT2D eigenvalue weighted by Crippen LogP contribution is 2.28. The summed E-state index contributed by atoms with van der Waals surface area (Å²) >= 11 is 11.4. The number of anilines is 7. The van der Waals surface area contributed by atoms with Crippen molar-refractivity contribution in [2.45, 2.75) is 67.4 Å². The van der Waals surface area contributed by atoms with Crippen LogP contribution >= 0.6 is 23.2 Å². The molecule has 1 fully saturated rings. The molecule has 19 rings (SSSR count). The molecule has 35 nitrogen and oxygen atoms in total. The van der Waals surface area contributed by atoms with Gasteiger partial charge < -0.3 is 60.0 Å². The number of halogens is 2. The number of aromatic nitrogens is 24. The third kappa shape index (κ3) is 20.6. The lowest BCUT2D eigenvalue weighted by molar-refractivity contribution is -0.00298. The number of nitrogen functional groups attached to an aromatic ring is 1. The second-order valence-electron chi connectivity index (χ2n) is 28.5. The molecule has 0 radical (unpaired) electrons. The fourth-order valence-corrected chi connectivity index (χ4v) is 13.5. The minimum absolute atomic E-state index is 0.0371. The lowest BCUT2D eigenvalue weighted by Crippen LogP contribution is -2.49. The minimum atomic E-state index is -0.401. The Morgan fingerprint density at radius 3 is 1.18 bits per heavy atom. The molecule has 0 spiro atoms. The van der Waals surface area contributed by atoms with Crippen LogP contribution in [0.3, 0.4) is 0 Å². The standard InChI is InChI=1S/C21H23N7O.C18H18N6O.C18H16N6O.C11H11ClN4O2.C9H9ClN4O.C9H10N2/c1-14-16(10-27-12-18(29)13-27)11-28(25-14)20-5-7-22-21(24-20)23-17-3-4-19-15(9-17)6-8-26(19)2;2*1-12-14(11-25)10-24(22-12)17-5-7-19-18(21-17)20-15-3-4-16-13(9-15)6-8-23(16)2;1-3-18-10(17)8-6-16(15-7(8)2)9-4-5-13-11(12)14-9;1-6-7(5-15)4-14(13-6)8-2-3-11-9(10)12-8;1-11-5-4-7-6-8(10)2-3-9(7)11/h3-9,11,18,29H,10,12-13H2,1-2H3,(H,22,23,24);3-10,25H,11H2,1-2H3,(H,19,20,21);3-11H,1-2H3,(H,19,20,21);4-6H,3H2,1-2H3;2-4,15H,5H2,1H3;2-6H,10H2,1H3. The van der Waals surface area contributed by atoms with Gasteiger partial charge in [0.15, 0.2) is 35.4 Å². The number of aliphatic hydroxyl groups excluding tert-OH is 3. The van der Waals surface area contributed by atoms with E-state index in [0.717, 1.165) is 104 Å². The van der Waals surface area contributed by atoms with Gasteiger partial charge in [0.2, 0.25) is 28.4 Å². The molecule has 0 aliphatic carbocycles. The van der Waals surface area contributed by atoms with E-state index < -0.39 is 5.97 Å². The van der Waals surface area contributed by atoms with Gasteiger partial charge in [0.1, 0.15) is 5.56 Å². The van der Waals surface area contributed by atoms with E-state index in [1.807, 2.05) is 128 Å². The third-order valence-electron chi connectivity index (χ3n) is 19.8. The Hall–Kier alpha value is -14.8. The van der Waals surface area contributed by atoms with Gasteiger partial charge in [-0.1, -0.05) is 0 Å². The van der Waals surface area contributed by atoms with Crippen molar-refractivity contribution in [3.05, 3.63) is 281 Å². The number of aryl methyl sites for hydroxylation is 9. The summed E-state index contributed by atoms with van der Waals surface area (Å²) in [7, 11) is 8.10. The molecule has 626 valence electrons. The first-order valence-electron chi connectivity index (χ1n) is 38.7. The van der Waals surface area contributed by atoms with Crippen LogP contribution in [0.25, 0.3) is 72.7 Å². The molecular weight excluding hydrogens is 1610 g/mol. The van der Waals surface area contributed by atoms with Crippen LogP contribution in [0.2, 0.25) is 10.6 Å². The van der Waals surface area contributed by atoms with Crippen molar-refractivity contribution in [1.82, 2.24) is 122 Å². The Bertz CT molecular complexity index is 6760. The summed E-state index contributed by atoms with van der Waals surface area (Å²) in [5, 5.41) is 64.2. The zero-order valence-corrected chi connectivity index (χ0v) is 70.2. The first kappa shape index (κ1) is 84.7. The van der Waals surface area contributed by atoms with E-state index >= 15 is 0 Å². The van der Waals surface area contributed by atoms with Crippen LogP contribution < -0.4 is 21.7 Å². The maximum atomic E-state index is 11.6. The number of nitrogens with zero attached hydrogens (tertiary/aromatic N) is 25. The minimum Gasteiger partial charge on any atom is -0.462 e. The molecule has 1 aliphatic rings. The van der Waals surface area contributed by atoms with Crippen LogP contribution in [-0.4, -0.2) is 175 Å². The SMILES string of the molecule is CCOC(=O)c1cn(-c2ccnc(Cl)n2)nc1C.Cc1nn(-c2ccnc(Cl)n2)cc1CO.Cc1nn(-c2ccnc(Nc3ccc4c(ccn4C)c3)n2)cc1C=O.Cc1nn(-c2ccnc(Nc3ccc4c(ccn4C)c3)n2)cc1CN1CC(O)C1.Cc1nn(-c2ccnc(Nc3ccc4c(ccn4C)c3)n2)cc1CO.Cn1ccc2cc(N)ccc21. The van der Waals surface area contributed by atoms with Gasteiger partial charge >= 0.3 is 5.97 Å². The number of aldehydes is 1. The van der Waals surface area contributed by atoms with E-state index in [9.17, 15) is 19.8 Å². The van der Waals surface area contributed by atoms with Gasteiger partial charge in [0.05, 0.1) is 60.0 Å². The van der Waals surface area contributed by atoms with E-state index in [2.05, 4.69) is 169 Å². The van der Waals surface area contributed by atoms with Crippen LogP contribution in [0.5, 0.6) is 0 Å². The number of ether oxygens (including phenoxy) is 1. The number of carbonyl (C=O) groups excluding carboxylic acids is 2. The highest BCUT2D eigenvalue weighted by atomic mass is 35.5. The summed E-state index contributed by atoms with van der Waals surface area (Å²) < 4.78 is 21.3. The smallest absolute Gasteiger partial charge is 0.341 e. The highest BCUT2D eigenvalue weighted by Gasteiger charge is 2.26. The largest absolute Gasteiger partial charge is 0.462 e. The highest BCUT2D eigenvalue weighted by molar-refractivity contribution is 6.28. The van der Waals surface area contributed by atoms with E-state index in [1.165, 1.54) is 32.8 Å². The first-order valence-corrected chi connectivity index (χ1v) is 39.4. The molecule has 1 saturated heterocycles. The van der Waals surface area contributed by atoms with E-state index in [-0.39, 0.29) is 29.9 Å². The number of fused-ring (bicyclic) bond motifs is 4. The van der Waals surface area contributed by atoms with Crippen molar-refractivity contribution in [2.75, 3.05) is 41.4 Å². The van der Waals surface area contributed by atoms with Gasteiger partial charge in [-0.05, 0) is 162 Å². The second-order valence-corrected chi connectivity index (χ2v) is 29.2. The topological polar surface area (TPSA) is 407 Å². The van der Waals surface area contributed by atoms with Crippen LogP contribution in [-0.2, 0) is 52.7 Å². The second kappa shape index (κ2) is 38.1. The van der Waals surface area contributed by atoms with Gasteiger partial charge in [-0.15, -0.1) is 0 Å². The van der Waals surface area contributed by atoms with Gasteiger partial charge in [0, 0.05) is 248 Å². The summed E-state index contributed by atoms with van der Waals surface area (Å²) in [6, 6.07) is 41.3. The predicted octanol–water partition coefficient (Wildman–Crippen LogP) is 12.8. The summed E-state index contributed by atoms with van der Waals surface area (Å²) in [6.45, 7) is 13.4. The number of rotatable bonds is 18. The Morgan fingerprint density at radius 1 is 0.455 bits per heavy atom. The molecular formula is C86H87Cl2N29O6. The normalized spacial score (nSPS) is 11.8. The van der Waals surface area contributed by atoms with Crippen molar-refractivity contribution in [1.29, 1.82) is 0 Å². The van der Waals surface area contributed by atoms with Crippen LogP contribution in [0.4, 0.5) is 40.6 Å². The lowest BCUT2D eigenvalue weighted by atomic mass is 10.1. The van der Waals surface area contributed by atoms with Gasteiger partial charge in [-0.2, -0.15) is 50.4 Å². The molecule has 8 N–H and O–H groups in total. The number of likely N-dealkylation sites (tertiary alicyclic amines) is 1. The number of hydrogen-bond donors (Lipinski definition) is 7. The molecule has 15 heterocycles. The molecule has 18 aromatic rings. The van der Waals surface area contributed by atoms with Crippen molar-refractivity contribution in [3.63, 3.8) is 0 Å². The van der Waals surface area contributed by atoms with Gasteiger partial charge in [-0.25, -0.2) is 53.1 Å². The van der Waals surface area contributed by atoms with Crippen molar-refractivity contribution >= 4 is 120 Å².